The number of aryl methyl sites for hydroxylation is 1. The minimum Gasteiger partial charge on any atom is -0.349 e. The van der Waals surface area contributed by atoms with Crippen molar-refractivity contribution in [2.75, 3.05) is 14.1 Å². The lowest BCUT2D eigenvalue weighted by Gasteiger charge is -2.09. The van der Waals surface area contributed by atoms with Crippen molar-refractivity contribution in [1.82, 2.24) is 19.9 Å². The average Bonchev–Trinajstić information content (AvgIpc) is 2.38. The minimum absolute atomic E-state index is 0.103. The second-order valence-corrected chi connectivity index (χ2v) is 4.55. The molecule has 0 aliphatic carbocycles. The van der Waals surface area contributed by atoms with E-state index in [1.54, 1.807) is 25.1 Å². The van der Waals surface area contributed by atoms with E-state index in [0.717, 1.165) is 17.5 Å². The van der Waals surface area contributed by atoms with Crippen LogP contribution in [-0.4, -0.2) is 39.9 Å². The molecule has 0 aliphatic heterocycles. The number of carbonyl (C=O) groups is 1. The number of hydrogen-bond donors (Lipinski definition) is 1. The Morgan fingerprint density at radius 2 is 2.11 bits per heavy atom. The largest absolute Gasteiger partial charge is 0.349 e. The number of H-pyrrole nitrogens is 1. The molecular weight excluding hydrogens is 244 g/mol. The summed E-state index contributed by atoms with van der Waals surface area (Å²) in [5.74, 6) is 0.103. The van der Waals surface area contributed by atoms with Crippen LogP contribution >= 0.6 is 0 Å². The smallest absolute Gasteiger partial charge is 0.249 e. The van der Waals surface area contributed by atoms with Gasteiger partial charge in [-0.3, -0.25) is 9.59 Å². The topological polar surface area (TPSA) is 79.0 Å². The Kier molecular flexibility index (Phi) is 3.89. The van der Waals surface area contributed by atoms with Gasteiger partial charge in [-0.15, -0.1) is 0 Å². The summed E-state index contributed by atoms with van der Waals surface area (Å²) in [6.45, 7) is 0. The summed E-state index contributed by atoms with van der Waals surface area (Å²) in [5, 5.41) is 0.833. The molecule has 0 bridgehead atoms. The number of hydrogen-bond acceptors (Lipinski definition) is 4. The van der Waals surface area contributed by atoms with Crippen LogP contribution in [-0.2, 0) is 11.2 Å². The van der Waals surface area contributed by atoms with Crippen molar-refractivity contribution in [3.8, 4) is 0 Å². The molecule has 0 saturated carbocycles. The number of carbonyl (C=O) groups excluding carboxylic acids is 1. The molecule has 2 aromatic heterocycles. The van der Waals surface area contributed by atoms with E-state index < -0.39 is 0 Å². The molecule has 6 heteroatoms. The maximum Gasteiger partial charge on any atom is 0.249 e. The first-order valence-corrected chi connectivity index (χ1v) is 6.11. The number of rotatable bonds is 4. The molecule has 19 heavy (non-hydrogen) atoms. The van der Waals surface area contributed by atoms with Crippen LogP contribution in [0.15, 0.2) is 23.3 Å². The predicted octanol–water partition coefficient (Wildman–Crippen LogP) is 0.729. The summed E-state index contributed by atoms with van der Waals surface area (Å²) in [5.41, 5.74) is 1.21. The average molecular weight is 260 g/mol. The Bertz CT molecular complexity index is 648. The normalized spacial score (nSPS) is 10.6. The van der Waals surface area contributed by atoms with E-state index in [-0.39, 0.29) is 11.5 Å². The van der Waals surface area contributed by atoms with Crippen molar-refractivity contribution in [3.05, 3.63) is 34.5 Å². The number of pyridine rings is 1. The maximum absolute atomic E-state index is 11.5. The SMILES string of the molecule is CN(C)C(=O)CCCc1ncnc2[nH]c(=O)ccc12. The van der Waals surface area contributed by atoms with Crippen LogP contribution in [0.4, 0.5) is 0 Å². The number of aromatic nitrogens is 3. The molecule has 0 aromatic carbocycles. The highest BCUT2D eigenvalue weighted by atomic mass is 16.2. The molecule has 0 aliphatic rings. The molecule has 0 saturated heterocycles. The van der Waals surface area contributed by atoms with Gasteiger partial charge in [0.05, 0.1) is 5.69 Å². The molecule has 1 N–H and O–H groups in total. The van der Waals surface area contributed by atoms with Crippen molar-refractivity contribution >= 4 is 16.9 Å². The summed E-state index contributed by atoms with van der Waals surface area (Å²) >= 11 is 0. The zero-order chi connectivity index (χ0) is 13.8. The third-order valence-electron chi connectivity index (χ3n) is 2.91. The van der Waals surface area contributed by atoms with Crippen LogP contribution < -0.4 is 5.56 Å². The highest BCUT2D eigenvalue weighted by Crippen LogP contribution is 2.13. The van der Waals surface area contributed by atoms with Gasteiger partial charge in [0.1, 0.15) is 12.0 Å². The Balaban J connectivity index is 2.13. The van der Waals surface area contributed by atoms with Gasteiger partial charge in [-0.25, -0.2) is 9.97 Å². The highest BCUT2D eigenvalue weighted by Gasteiger charge is 2.07. The molecular formula is C13H16N4O2. The van der Waals surface area contributed by atoms with E-state index in [1.165, 1.54) is 12.4 Å². The van der Waals surface area contributed by atoms with Crippen LogP contribution in [0, 0.1) is 0 Å². The first-order chi connectivity index (χ1) is 9.08. The Hall–Kier alpha value is -2.24. The second kappa shape index (κ2) is 5.60. The van der Waals surface area contributed by atoms with Gasteiger partial charge in [-0.2, -0.15) is 0 Å². The molecule has 1 amide bonds. The van der Waals surface area contributed by atoms with Crippen molar-refractivity contribution in [2.24, 2.45) is 0 Å². The van der Waals surface area contributed by atoms with Gasteiger partial charge in [0.15, 0.2) is 0 Å². The molecule has 2 aromatic rings. The van der Waals surface area contributed by atoms with Gasteiger partial charge in [-0.1, -0.05) is 0 Å². The summed E-state index contributed by atoms with van der Waals surface area (Å²) in [4.78, 5) is 35.2. The lowest BCUT2D eigenvalue weighted by Crippen LogP contribution is -2.21. The predicted molar refractivity (Wildman–Crippen MR) is 71.8 cm³/mol. The zero-order valence-electron chi connectivity index (χ0n) is 11.0. The van der Waals surface area contributed by atoms with Crippen molar-refractivity contribution in [2.45, 2.75) is 19.3 Å². The Labute approximate surface area is 110 Å². The number of nitrogens with zero attached hydrogens (tertiary/aromatic N) is 3. The number of nitrogens with one attached hydrogen (secondary N) is 1. The molecule has 2 rings (SSSR count). The molecule has 100 valence electrons. The molecule has 0 fully saturated rings. The summed E-state index contributed by atoms with van der Waals surface area (Å²) in [6.07, 6.45) is 3.33. The fraction of sp³-hybridized carbons (Fsp3) is 0.385. The molecule has 0 radical (unpaired) electrons. The van der Waals surface area contributed by atoms with Gasteiger partial charge >= 0.3 is 0 Å². The van der Waals surface area contributed by atoms with Crippen molar-refractivity contribution in [3.63, 3.8) is 0 Å². The quantitative estimate of drug-likeness (QED) is 0.879. The standard InChI is InChI=1S/C13H16N4O2/c1-17(2)12(19)5-3-4-10-9-6-7-11(18)16-13(9)15-8-14-10/h6-8H,3-5H2,1-2H3,(H,14,15,16,18). The van der Waals surface area contributed by atoms with E-state index in [4.69, 9.17) is 0 Å². The summed E-state index contributed by atoms with van der Waals surface area (Å²) in [7, 11) is 3.49. The molecule has 0 atom stereocenters. The third kappa shape index (κ3) is 3.15. The first-order valence-electron chi connectivity index (χ1n) is 6.11. The van der Waals surface area contributed by atoms with Gasteiger partial charge in [-0.05, 0) is 18.9 Å². The lowest BCUT2D eigenvalue weighted by atomic mass is 10.1. The van der Waals surface area contributed by atoms with E-state index >= 15 is 0 Å². The minimum atomic E-state index is -0.181. The fourth-order valence-corrected chi connectivity index (χ4v) is 1.85. The number of aromatic amines is 1. The van der Waals surface area contributed by atoms with Gasteiger partial charge in [0.2, 0.25) is 11.5 Å². The highest BCUT2D eigenvalue weighted by molar-refractivity contribution is 5.77. The monoisotopic (exact) mass is 260 g/mol. The summed E-state index contributed by atoms with van der Waals surface area (Å²) < 4.78 is 0. The molecule has 0 spiro atoms. The van der Waals surface area contributed by atoms with Crippen LogP contribution in [0.2, 0.25) is 0 Å². The number of amides is 1. The van der Waals surface area contributed by atoms with E-state index in [0.29, 0.717) is 18.5 Å². The summed E-state index contributed by atoms with van der Waals surface area (Å²) in [6, 6.07) is 3.18. The third-order valence-corrected chi connectivity index (χ3v) is 2.91. The number of fused-ring (bicyclic) bond motifs is 1. The molecule has 0 unspecified atom stereocenters. The van der Waals surface area contributed by atoms with E-state index in [2.05, 4.69) is 15.0 Å². The molecule has 2 heterocycles. The maximum atomic E-state index is 11.5. The molecule has 6 nitrogen and oxygen atoms in total. The van der Waals surface area contributed by atoms with Crippen molar-refractivity contribution < 1.29 is 4.79 Å². The van der Waals surface area contributed by atoms with Gasteiger partial charge in [0.25, 0.3) is 0 Å². The second-order valence-electron chi connectivity index (χ2n) is 4.55. The fourth-order valence-electron chi connectivity index (χ4n) is 1.85. The van der Waals surface area contributed by atoms with Crippen LogP contribution in [0.25, 0.3) is 11.0 Å². The van der Waals surface area contributed by atoms with Gasteiger partial charge < -0.3 is 9.88 Å². The van der Waals surface area contributed by atoms with Gasteiger partial charge in [0, 0.05) is 32.0 Å². The lowest BCUT2D eigenvalue weighted by molar-refractivity contribution is -0.128. The zero-order valence-corrected chi connectivity index (χ0v) is 11.0. The van der Waals surface area contributed by atoms with E-state index in [1.807, 2.05) is 0 Å². The van der Waals surface area contributed by atoms with Crippen LogP contribution in [0.5, 0.6) is 0 Å². The van der Waals surface area contributed by atoms with Crippen LogP contribution in [0.1, 0.15) is 18.5 Å². The van der Waals surface area contributed by atoms with E-state index in [9.17, 15) is 9.59 Å². The Morgan fingerprint density at radius 1 is 1.32 bits per heavy atom. The Morgan fingerprint density at radius 3 is 2.84 bits per heavy atom. The van der Waals surface area contributed by atoms with Crippen LogP contribution in [0.3, 0.4) is 0 Å². The first kappa shape index (κ1) is 13.2. The van der Waals surface area contributed by atoms with Crippen molar-refractivity contribution in [1.29, 1.82) is 0 Å².